The SMILES string of the molecule is COC(=O)CCCS. The minimum Gasteiger partial charge on any atom is -0.469 e. The zero-order valence-electron chi connectivity index (χ0n) is 4.89. The van der Waals surface area contributed by atoms with Crippen molar-refractivity contribution in [3.05, 3.63) is 0 Å². The molecule has 2 nitrogen and oxygen atoms in total. The molecule has 0 unspecified atom stereocenters. The Morgan fingerprint density at radius 2 is 2.38 bits per heavy atom. The number of carbonyl (C=O) groups is 1. The minimum atomic E-state index is -0.154. The van der Waals surface area contributed by atoms with Gasteiger partial charge >= 0.3 is 5.97 Å². The van der Waals surface area contributed by atoms with E-state index >= 15 is 0 Å². The molecule has 0 aromatic heterocycles. The van der Waals surface area contributed by atoms with Crippen LogP contribution in [0.3, 0.4) is 0 Å². The summed E-state index contributed by atoms with van der Waals surface area (Å²) >= 11 is 3.93. The lowest BCUT2D eigenvalue weighted by atomic mass is 10.3. The fraction of sp³-hybridized carbons (Fsp3) is 0.800. The Kier molecular flexibility index (Phi) is 4.85. The quantitative estimate of drug-likeness (QED) is 0.458. The van der Waals surface area contributed by atoms with Gasteiger partial charge in [0.1, 0.15) is 0 Å². The number of ether oxygens (including phenoxy) is 1. The molecule has 0 radical (unpaired) electrons. The number of methoxy groups -OCH3 is 1. The van der Waals surface area contributed by atoms with Gasteiger partial charge in [0.15, 0.2) is 0 Å². The molecule has 0 heterocycles. The maximum Gasteiger partial charge on any atom is 0.305 e. The van der Waals surface area contributed by atoms with Crippen LogP contribution in [0, 0.1) is 0 Å². The molecule has 0 saturated heterocycles. The van der Waals surface area contributed by atoms with Gasteiger partial charge in [-0.1, -0.05) is 0 Å². The summed E-state index contributed by atoms with van der Waals surface area (Å²) in [4.78, 5) is 10.3. The van der Waals surface area contributed by atoms with Gasteiger partial charge in [0.2, 0.25) is 0 Å². The summed E-state index contributed by atoms with van der Waals surface area (Å²) in [6.07, 6.45) is 1.29. The second kappa shape index (κ2) is 4.97. The fourth-order valence-electron chi connectivity index (χ4n) is 0.325. The molecule has 0 aromatic rings. The number of hydrogen-bond donors (Lipinski definition) is 1. The Labute approximate surface area is 54.6 Å². The molecule has 0 bridgehead atoms. The van der Waals surface area contributed by atoms with Crippen molar-refractivity contribution in [1.29, 1.82) is 0 Å². The van der Waals surface area contributed by atoms with Crippen LogP contribution in [0.1, 0.15) is 12.8 Å². The lowest BCUT2D eigenvalue weighted by Crippen LogP contribution is -1.99. The van der Waals surface area contributed by atoms with Crippen LogP contribution in [0.5, 0.6) is 0 Å². The molecule has 0 atom stereocenters. The van der Waals surface area contributed by atoms with E-state index in [1.807, 2.05) is 0 Å². The molecule has 0 rings (SSSR count). The van der Waals surface area contributed by atoms with Gasteiger partial charge in [-0.05, 0) is 12.2 Å². The van der Waals surface area contributed by atoms with Gasteiger partial charge in [-0.25, -0.2) is 0 Å². The van der Waals surface area contributed by atoms with Crippen molar-refractivity contribution < 1.29 is 9.53 Å². The lowest BCUT2D eigenvalue weighted by Gasteiger charge is -1.93. The van der Waals surface area contributed by atoms with Crippen LogP contribution >= 0.6 is 12.6 Å². The fourth-order valence-corrected chi connectivity index (χ4v) is 0.484. The normalized spacial score (nSPS) is 8.75. The molecule has 0 aliphatic carbocycles. The summed E-state index contributed by atoms with van der Waals surface area (Å²) < 4.78 is 4.38. The van der Waals surface area contributed by atoms with Crippen molar-refractivity contribution in [3.63, 3.8) is 0 Å². The highest BCUT2D eigenvalue weighted by Gasteiger charge is 1.95. The monoisotopic (exact) mass is 134 g/mol. The molecule has 3 heteroatoms. The van der Waals surface area contributed by atoms with Gasteiger partial charge in [0.25, 0.3) is 0 Å². The molecule has 48 valence electrons. The second-order valence-corrected chi connectivity index (χ2v) is 1.85. The summed E-state index contributed by atoms with van der Waals surface area (Å²) in [5, 5.41) is 0. The van der Waals surface area contributed by atoms with Crippen molar-refractivity contribution in [2.45, 2.75) is 12.8 Å². The van der Waals surface area contributed by atoms with Crippen LogP contribution in [-0.2, 0) is 9.53 Å². The molecule has 0 saturated carbocycles. The van der Waals surface area contributed by atoms with E-state index in [-0.39, 0.29) is 5.97 Å². The largest absolute Gasteiger partial charge is 0.469 e. The maximum atomic E-state index is 10.3. The molecular weight excluding hydrogens is 124 g/mol. The van der Waals surface area contributed by atoms with Crippen LogP contribution < -0.4 is 0 Å². The van der Waals surface area contributed by atoms with Crippen LogP contribution in [-0.4, -0.2) is 18.8 Å². The van der Waals surface area contributed by atoms with E-state index in [2.05, 4.69) is 17.4 Å². The third kappa shape index (κ3) is 3.99. The number of rotatable bonds is 3. The van der Waals surface area contributed by atoms with Crippen molar-refractivity contribution in [2.24, 2.45) is 0 Å². The number of carbonyl (C=O) groups excluding carboxylic acids is 1. The summed E-state index contributed by atoms with van der Waals surface area (Å²) in [5.41, 5.74) is 0. The van der Waals surface area contributed by atoms with Gasteiger partial charge in [0, 0.05) is 6.42 Å². The average molecular weight is 134 g/mol. The molecule has 8 heavy (non-hydrogen) atoms. The smallest absolute Gasteiger partial charge is 0.305 e. The Balaban J connectivity index is 2.99. The first kappa shape index (κ1) is 7.82. The molecule has 0 N–H and O–H groups in total. The zero-order chi connectivity index (χ0) is 6.41. The molecular formula is C5H10O2S. The van der Waals surface area contributed by atoms with Crippen molar-refractivity contribution >= 4 is 18.6 Å². The Morgan fingerprint density at radius 1 is 1.75 bits per heavy atom. The number of thiol groups is 1. The molecule has 0 fully saturated rings. The van der Waals surface area contributed by atoms with Gasteiger partial charge in [0.05, 0.1) is 7.11 Å². The van der Waals surface area contributed by atoms with Crippen LogP contribution in [0.2, 0.25) is 0 Å². The molecule has 0 aliphatic heterocycles. The van der Waals surface area contributed by atoms with E-state index in [1.54, 1.807) is 0 Å². The highest BCUT2D eigenvalue weighted by atomic mass is 32.1. The number of hydrogen-bond acceptors (Lipinski definition) is 3. The third-order valence-electron chi connectivity index (χ3n) is 0.767. The van der Waals surface area contributed by atoms with E-state index in [0.29, 0.717) is 6.42 Å². The maximum absolute atomic E-state index is 10.3. The predicted molar refractivity (Wildman–Crippen MR) is 35.1 cm³/mol. The Bertz CT molecular complexity index is 72.8. The van der Waals surface area contributed by atoms with Crippen LogP contribution in [0.25, 0.3) is 0 Å². The van der Waals surface area contributed by atoms with Gasteiger partial charge in [-0.2, -0.15) is 12.6 Å². The molecule has 0 aliphatic rings. The highest BCUT2D eigenvalue weighted by Crippen LogP contribution is 1.92. The summed E-state index contributed by atoms with van der Waals surface area (Å²) in [5.74, 6) is 0.591. The first-order valence-electron chi connectivity index (χ1n) is 2.49. The van der Waals surface area contributed by atoms with E-state index in [0.717, 1.165) is 12.2 Å². The van der Waals surface area contributed by atoms with E-state index < -0.39 is 0 Å². The van der Waals surface area contributed by atoms with E-state index in [4.69, 9.17) is 0 Å². The van der Waals surface area contributed by atoms with Crippen molar-refractivity contribution in [2.75, 3.05) is 12.9 Å². The number of esters is 1. The topological polar surface area (TPSA) is 26.3 Å². The summed E-state index contributed by atoms with van der Waals surface area (Å²) in [6, 6.07) is 0. The second-order valence-electron chi connectivity index (χ2n) is 1.40. The molecule has 0 spiro atoms. The van der Waals surface area contributed by atoms with Crippen molar-refractivity contribution in [1.82, 2.24) is 0 Å². The van der Waals surface area contributed by atoms with E-state index in [9.17, 15) is 4.79 Å². The van der Waals surface area contributed by atoms with Crippen molar-refractivity contribution in [3.8, 4) is 0 Å². The predicted octanol–water partition coefficient (Wildman–Crippen LogP) is 0.869. The minimum absolute atomic E-state index is 0.154. The average Bonchev–Trinajstić information content (AvgIpc) is 1.83. The molecule has 0 aromatic carbocycles. The first-order valence-corrected chi connectivity index (χ1v) is 3.12. The Hall–Kier alpha value is -0.180. The first-order chi connectivity index (χ1) is 3.81. The van der Waals surface area contributed by atoms with Gasteiger partial charge < -0.3 is 4.74 Å². The summed E-state index contributed by atoms with van der Waals surface area (Å²) in [7, 11) is 1.39. The third-order valence-corrected chi connectivity index (χ3v) is 1.08. The van der Waals surface area contributed by atoms with Gasteiger partial charge in [-0.15, -0.1) is 0 Å². The lowest BCUT2D eigenvalue weighted by molar-refractivity contribution is -0.140. The van der Waals surface area contributed by atoms with Gasteiger partial charge in [-0.3, -0.25) is 4.79 Å². The zero-order valence-corrected chi connectivity index (χ0v) is 5.78. The summed E-state index contributed by atoms with van der Waals surface area (Å²) in [6.45, 7) is 0. The highest BCUT2D eigenvalue weighted by molar-refractivity contribution is 7.80. The molecule has 0 amide bonds. The van der Waals surface area contributed by atoms with E-state index in [1.165, 1.54) is 7.11 Å². The van der Waals surface area contributed by atoms with Crippen LogP contribution in [0.4, 0.5) is 0 Å². The Morgan fingerprint density at radius 3 is 2.75 bits per heavy atom. The standard InChI is InChI=1S/C5H10O2S/c1-7-5(6)3-2-4-8/h8H,2-4H2,1H3. The van der Waals surface area contributed by atoms with Crippen LogP contribution in [0.15, 0.2) is 0 Å².